The Morgan fingerprint density at radius 1 is 1.17 bits per heavy atom. The minimum absolute atomic E-state index is 0.298. The Hall–Kier alpha value is -2.49. The van der Waals surface area contributed by atoms with Crippen molar-refractivity contribution >= 4 is 11.7 Å². The lowest BCUT2D eigenvalue weighted by Crippen LogP contribution is -2.33. The van der Waals surface area contributed by atoms with Crippen LogP contribution in [0.25, 0.3) is 0 Å². The topological polar surface area (TPSA) is 38.8 Å². The Labute approximate surface area is 136 Å². The van der Waals surface area contributed by atoms with Gasteiger partial charge in [0.1, 0.15) is 12.4 Å². The number of rotatable bonds is 5. The summed E-state index contributed by atoms with van der Waals surface area (Å²) in [4.78, 5) is 14.4. The summed E-state index contributed by atoms with van der Waals surface area (Å²) in [6, 6.07) is 15.8. The van der Waals surface area contributed by atoms with Crippen molar-refractivity contribution in [2.75, 3.05) is 25.2 Å². The van der Waals surface area contributed by atoms with Gasteiger partial charge in [0.05, 0.1) is 19.2 Å². The molecule has 0 amide bonds. The second-order valence-electron chi connectivity index (χ2n) is 5.74. The van der Waals surface area contributed by atoms with Crippen molar-refractivity contribution in [3.63, 3.8) is 0 Å². The molecule has 23 heavy (non-hydrogen) atoms. The summed E-state index contributed by atoms with van der Waals surface area (Å²) in [5.74, 6) is 0.428. The molecule has 1 atom stereocenters. The van der Waals surface area contributed by atoms with E-state index in [0.29, 0.717) is 24.8 Å². The molecule has 4 nitrogen and oxygen atoms in total. The average molecular weight is 311 g/mol. The van der Waals surface area contributed by atoms with Crippen LogP contribution >= 0.6 is 0 Å². The molecule has 0 aliphatic carbocycles. The van der Waals surface area contributed by atoms with Crippen LogP contribution in [0.15, 0.2) is 48.5 Å². The number of anilines is 1. The van der Waals surface area contributed by atoms with Crippen molar-refractivity contribution in [2.45, 2.75) is 19.4 Å². The van der Waals surface area contributed by atoms with Gasteiger partial charge in [-0.3, -0.25) is 0 Å². The fraction of sp³-hybridized carbons (Fsp3) is 0.316. The first-order valence-corrected chi connectivity index (χ1v) is 7.85. The smallest absolute Gasteiger partial charge is 0.338 e. The van der Waals surface area contributed by atoms with Gasteiger partial charge < -0.3 is 14.4 Å². The number of carbonyl (C=O) groups excluding carboxylic acids is 1. The van der Waals surface area contributed by atoms with E-state index in [1.165, 1.54) is 11.3 Å². The highest BCUT2D eigenvalue weighted by atomic mass is 16.5. The average Bonchev–Trinajstić information content (AvgIpc) is 2.90. The van der Waals surface area contributed by atoms with Crippen molar-refractivity contribution in [2.24, 2.45) is 0 Å². The fourth-order valence-corrected chi connectivity index (χ4v) is 3.02. The van der Waals surface area contributed by atoms with Gasteiger partial charge in [0.25, 0.3) is 0 Å². The van der Waals surface area contributed by atoms with Gasteiger partial charge in [-0.15, -0.1) is 0 Å². The molecule has 3 rings (SSSR count). The fourth-order valence-electron chi connectivity index (χ4n) is 3.02. The van der Waals surface area contributed by atoms with Gasteiger partial charge >= 0.3 is 5.97 Å². The zero-order chi connectivity index (χ0) is 16.2. The second-order valence-corrected chi connectivity index (χ2v) is 5.74. The summed E-state index contributed by atoms with van der Waals surface area (Å²) in [6.07, 6.45) is 1.04. The zero-order valence-corrected chi connectivity index (χ0v) is 13.5. The molecule has 0 aromatic heterocycles. The molecule has 1 aliphatic rings. The van der Waals surface area contributed by atoms with Crippen LogP contribution in [0.4, 0.5) is 5.69 Å². The Morgan fingerprint density at radius 2 is 1.91 bits per heavy atom. The van der Waals surface area contributed by atoms with E-state index in [-0.39, 0.29) is 5.97 Å². The van der Waals surface area contributed by atoms with E-state index < -0.39 is 0 Å². The van der Waals surface area contributed by atoms with Gasteiger partial charge in [0.15, 0.2) is 0 Å². The minimum atomic E-state index is -0.298. The van der Waals surface area contributed by atoms with Crippen molar-refractivity contribution in [1.82, 2.24) is 0 Å². The molecule has 2 aromatic carbocycles. The Balaban J connectivity index is 1.56. The lowest BCUT2D eigenvalue weighted by molar-refractivity contribution is 0.0514. The number of fused-ring (bicyclic) bond motifs is 1. The number of methoxy groups -OCH3 is 1. The number of carbonyl (C=O) groups is 1. The van der Waals surface area contributed by atoms with E-state index in [2.05, 4.69) is 30.0 Å². The molecule has 0 radical (unpaired) electrons. The van der Waals surface area contributed by atoms with E-state index >= 15 is 0 Å². The molecule has 0 saturated carbocycles. The SMILES string of the molecule is COc1ccc(C(=O)OCCN2c3ccccc3CC2C)cc1. The Kier molecular flexibility index (Phi) is 4.51. The molecule has 2 aromatic rings. The number of para-hydroxylation sites is 1. The number of esters is 1. The van der Waals surface area contributed by atoms with Crippen molar-refractivity contribution < 1.29 is 14.3 Å². The van der Waals surface area contributed by atoms with Crippen LogP contribution in [0.3, 0.4) is 0 Å². The second kappa shape index (κ2) is 6.73. The molecule has 120 valence electrons. The summed E-state index contributed by atoms with van der Waals surface area (Å²) < 4.78 is 10.5. The van der Waals surface area contributed by atoms with Crippen LogP contribution in [0, 0.1) is 0 Å². The number of hydrogen-bond acceptors (Lipinski definition) is 4. The molecule has 0 bridgehead atoms. The predicted molar refractivity (Wildman–Crippen MR) is 90.2 cm³/mol. The van der Waals surface area contributed by atoms with Gasteiger partial charge in [0, 0.05) is 11.7 Å². The van der Waals surface area contributed by atoms with Crippen molar-refractivity contribution in [1.29, 1.82) is 0 Å². The minimum Gasteiger partial charge on any atom is -0.497 e. The Bertz CT molecular complexity index is 681. The summed E-state index contributed by atoms with van der Waals surface area (Å²) in [7, 11) is 1.60. The van der Waals surface area contributed by atoms with Crippen LogP contribution in [-0.2, 0) is 11.2 Å². The van der Waals surface area contributed by atoms with Gasteiger partial charge in [-0.1, -0.05) is 18.2 Å². The largest absolute Gasteiger partial charge is 0.497 e. The lowest BCUT2D eigenvalue weighted by Gasteiger charge is -2.24. The van der Waals surface area contributed by atoms with E-state index in [9.17, 15) is 4.79 Å². The van der Waals surface area contributed by atoms with Crippen LogP contribution in [0.2, 0.25) is 0 Å². The molecule has 0 fully saturated rings. The van der Waals surface area contributed by atoms with E-state index in [1.54, 1.807) is 31.4 Å². The molecule has 1 unspecified atom stereocenters. The standard InChI is InChI=1S/C19H21NO3/c1-14-13-16-5-3-4-6-18(16)20(14)11-12-23-19(21)15-7-9-17(22-2)10-8-15/h3-10,14H,11-13H2,1-2H3. The van der Waals surface area contributed by atoms with Crippen LogP contribution in [0.1, 0.15) is 22.8 Å². The first-order valence-electron chi connectivity index (χ1n) is 7.85. The first-order chi connectivity index (χ1) is 11.2. The first kappa shape index (κ1) is 15.4. The number of nitrogens with zero attached hydrogens (tertiary/aromatic N) is 1. The molecule has 0 saturated heterocycles. The summed E-state index contributed by atoms with van der Waals surface area (Å²) in [6.45, 7) is 3.29. The van der Waals surface area contributed by atoms with Crippen LogP contribution in [0.5, 0.6) is 5.75 Å². The van der Waals surface area contributed by atoms with Crippen molar-refractivity contribution in [3.05, 3.63) is 59.7 Å². The van der Waals surface area contributed by atoms with Gasteiger partial charge in [-0.2, -0.15) is 0 Å². The van der Waals surface area contributed by atoms with E-state index in [4.69, 9.17) is 9.47 Å². The number of benzene rings is 2. The molecule has 1 heterocycles. The monoisotopic (exact) mass is 311 g/mol. The van der Waals surface area contributed by atoms with Gasteiger partial charge in [0.2, 0.25) is 0 Å². The summed E-state index contributed by atoms with van der Waals surface area (Å²) >= 11 is 0. The third-order valence-corrected chi connectivity index (χ3v) is 4.24. The maximum Gasteiger partial charge on any atom is 0.338 e. The maximum atomic E-state index is 12.1. The molecule has 4 heteroatoms. The quantitative estimate of drug-likeness (QED) is 0.794. The molecular weight excluding hydrogens is 290 g/mol. The third-order valence-electron chi connectivity index (χ3n) is 4.24. The van der Waals surface area contributed by atoms with Gasteiger partial charge in [-0.05, 0) is 49.2 Å². The molecule has 0 spiro atoms. The van der Waals surface area contributed by atoms with Crippen LogP contribution in [-0.4, -0.2) is 32.3 Å². The van der Waals surface area contributed by atoms with Gasteiger partial charge in [-0.25, -0.2) is 4.79 Å². The number of hydrogen-bond donors (Lipinski definition) is 0. The van der Waals surface area contributed by atoms with Crippen molar-refractivity contribution in [3.8, 4) is 5.75 Å². The highest BCUT2D eigenvalue weighted by molar-refractivity contribution is 5.89. The molecular formula is C19H21NO3. The summed E-state index contributed by atoms with van der Waals surface area (Å²) in [5.41, 5.74) is 3.16. The van der Waals surface area contributed by atoms with Crippen LogP contribution < -0.4 is 9.64 Å². The third kappa shape index (κ3) is 3.31. The molecule has 1 aliphatic heterocycles. The molecule has 0 N–H and O–H groups in total. The Morgan fingerprint density at radius 3 is 2.65 bits per heavy atom. The predicted octanol–water partition coefficient (Wildman–Crippen LogP) is 3.30. The zero-order valence-electron chi connectivity index (χ0n) is 13.5. The summed E-state index contributed by atoms with van der Waals surface area (Å²) in [5, 5.41) is 0. The maximum absolute atomic E-state index is 12.1. The lowest BCUT2D eigenvalue weighted by atomic mass is 10.1. The highest BCUT2D eigenvalue weighted by Gasteiger charge is 2.25. The normalized spacial score (nSPS) is 16.1. The number of ether oxygens (including phenoxy) is 2. The highest BCUT2D eigenvalue weighted by Crippen LogP contribution is 2.31. The van der Waals surface area contributed by atoms with E-state index in [1.807, 2.05) is 6.07 Å². The van der Waals surface area contributed by atoms with E-state index in [0.717, 1.165) is 12.2 Å².